The van der Waals surface area contributed by atoms with Gasteiger partial charge in [-0.3, -0.25) is 4.90 Å². The van der Waals surface area contributed by atoms with E-state index in [4.69, 9.17) is 16.5 Å². The maximum absolute atomic E-state index is 5.81. The number of aromatic nitrogens is 3. The number of fused-ring (bicyclic) bond motifs is 2. The molecular weight excluding hydrogens is 316 g/mol. The van der Waals surface area contributed by atoms with Gasteiger partial charge in [0.05, 0.1) is 28.8 Å². The largest absolute Gasteiger partial charge is 0.369 e. The van der Waals surface area contributed by atoms with Crippen LogP contribution in [-0.4, -0.2) is 20.9 Å². The molecule has 0 fully saturated rings. The van der Waals surface area contributed by atoms with Crippen LogP contribution in [0.15, 0.2) is 53.1 Å². The van der Waals surface area contributed by atoms with Gasteiger partial charge < -0.3 is 16.8 Å². The number of aryl methyl sites for hydroxylation is 1. The van der Waals surface area contributed by atoms with E-state index in [9.17, 15) is 0 Å². The van der Waals surface area contributed by atoms with E-state index in [0.29, 0.717) is 5.96 Å². The predicted octanol–water partition coefficient (Wildman–Crippen LogP) is 1.54. The standard InChI is InChI=1S/C17H18N8/c1-2-4-11-15-12(23-17(19)22-11)6-7-14(24-15)25-8-3-5-10-13(25)9-20-16(18)21-10/h3,5-9H,2,4H2,1H3,(H3,18,20,21)(H2,19,22,23). The van der Waals surface area contributed by atoms with Gasteiger partial charge in [-0.15, -0.1) is 0 Å². The molecule has 126 valence electrons. The molecule has 0 spiro atoms. The van der Waals surface area contributed by atoms with Crippen molar-refractivity contribution in [3.05, 3.63) is 53.8 Å². The number of aliphatic imine (C=N–C) groups is 1. The van der Waals surface area contributed by atoms with Gasteiger partial charge in [0.15, 0.2) is 5.96 Å². The lowest BCUT2D eigenvalue weighted by Crippen LogP contribution is -2.37. The number of hydrogen-bond acceptors (Lipinski definition) is 8. The van der Waals surface area contributed by atoms with Crippen LogP contribution in [0, 0.1) is 0 Å². The van der Waals surface area contributed by atoms with E-state index in [1.165, 1.54) is 0 Å². The molecule has 0 amide bonds. The minimum Gasteiger partial charge on any atom is -0.369 e. The second-order valence-electron chi connectivity index (χ2n) is 5.76. The van der Waals surface area contributed by atoms with Gasteiger partial charge in [-0.05, 0) is 30.7 Å². The molecule has 5 N–H and O–H groups in total. The number of nitrogen functional groups attached to an aromatic ring is 1. The van der Waals surface area contributed by atoms with Gasteiger partial charge in [0.2, 0.25) is 5.95 Å². The van der Waals surface area contributed by atoms with Gasteiger partial charge in [-0.1, -0.05) is 13.3 Å². The molecule has 0 saturated heterocycles. The maximum atomic E-state index is 5.81. The highest BCUT2D eigenvalue weighted by Gasteiger charge is 2.21. The Morgan fingerprint density at radius 2 is 2.04 bits per heavy atom. The highest BCUT2D eigenvalue weighted by atomic mass is 15.2. The maximum Gasteiger partial charge on any atom is 0.220 e. The van der Waals surface area contributed by atoms with Crippen molar-refractivity contribution >= 4 is 28.8 Å². The normalized spacial score (nSPS) is 16.0. The molecule has 4 rings (SSSR count). The van der Waals surface area contributed by atoms with Gasteiger partial charge in [0.1, 0.15) is 11.3 Å². The minimum atomic E-state index is 0.276. The molecule has 2 aromatic heterocycles. The topological polar surface area (TPSA) is 118 Å². The third kappa shape index (κ3) is 2.67. The summed E-state index contributed by atoms with van der Waals surface area (Å²) in [6.45, 7) is 2.10. The van der Waals surface area contributed by atoms with Gasteiger partial charge in [0.25, 0.3) is 0 Å². The number of pyridine rings is 1. The number of hydrogen-bond donors (Lipinski definition) is 3. The third-order valence-electron chi connectivity index (χ3n) is 3.97. The summed E-state index contributed by atoms with van der Waals surface area (Å²) < 4.78 is 0. The van der Waals surface area contributed by atoms with E-state index < -0.39 is 0 Å². The van der Waals surface area contributed by atoms with Crippen LogP contribution < -0.4 is 21.7 Å². The van der Waals surface area contributed by atoms with Crippen molar-refractivity contribution in [2.45, 2.75) is 19.8 Å². The van der Waals surface area contributed by atoms with E-state index >= 15 is 0 Å². The Balaban J connectivity index is 1.82. The van der Waals surface area contributed by atoms with Gasteiger partial charge in [0, 0.05) is 6.20 Å². The lowest BCUT2D eigenvalue weighted by atomic mass is 10.1. The predicted molar refractivity (Wildman–Crippen MR) is 98.3 cm³/mol. The first-order valence-electron chi connectivity index (χ1n) is 8.07. The van der Waals surface area contributed by atoms with Crippen molar-refractivity contribution in [2.75, 3.05) is 10.6 Å². The van der Waals surface area contributed by atoms with E-state index in [1.54, 1.807) is 6.20 Å². The van der Waals surface area contributed by atoms with Crippen LogP contribution in [0.1, 0.15) is 19.0 Å². The summed E-state index contributed by atoms with van der Waals surface area (Å²) >= 11 is 0. The summed E-state index contributed by atoms with van der Waals surface area (Å²) in [7, 11) is 0. The summed E-state index contributed by atoms with van der Waals surface area (Å²) in [4.78, 5) is 19.5. The number of anilines is 2. The molecule has 2 aliphatic rings. The Labute approximate surface area is 144 Å². The molecule has 4 heterocycles. The molecule has 2 aromatic rings. The smallest absolute Gasteiger partial charge is 0.220 e. The van der Waals surface area contributed by atoms with E-state index in [0.717, 1.165) is 46.8 Å². The van der Waals surface area contributed by atoms with Crippen LogP contribution in [0.4, 0.5) is 11.8 Å². The zero-order valence-corrected chi connectivity index (χ0v) is 13.8. The van der Waals surface area contributed by atoms with Crippen LogP contribution in [-0.2, 0) is 6.42 Å². The molecule has 0 aliphatic carbocycles. The monoisotopic (exact) mass is 334 g/mol. The second kappa shape index (κ2) is 5.90. The van der Waals surface area contributed by atoms with Crippen molar-refractivity contribution in [2.24, 2.45) is 10.7 Å². The zero-order valence-electron chi connectivity index (χ0n) is 13.8. The summed E-state index contributed by atoms with van der Waals surface area (Å²) in [6.07, 6.45) is 9.27. The number of nitrogens with zero attached hydrogens (tertiary/aromatic N) is 5. The molecule has 8 nitrogen and oxygen atoms in total. The van der Waals surface area contributed by atoms with Gasteiger partial charge in [-0.2, -0.15) is 0 Å². The zero-order chi connectivity index (χ0) is 17.4. The first-order valence-corrected chi connectivity index (χ1v) is 8.07. The average Bonchev–Trinajstić information content (AvgIpc) is 2.61. The number of rotatable bonds is 3. The van der Waals surface area contributed by atoms with Crippen molar-refractivity contribution < 1.29 is 0 Å². The Morgan fingerprint density at radius 1 is 1.16 bits per heavy atom. The van der Waals surface area contributed by atoms with E-state index in [-0.39, 0.29) is 5.95 Å². The van der Waals surface area contributed by atoms with Crippen LogP contribution >= 0.6 is 0 Å². The summed E-state index contributed by atoms with van der Waals surface area (Å²) in [5.74, 6) is 1.40. The first kappa shape index (κ1) is 15.1. The van der Waals surface area contributed by atoms with E-state index in [1.807, 2.05) is 35.4 Å². The average molecular weight is 334 g/mol. The second-order valence-corrected chi connectivity index (χ2v) is 5.76. The van der Waals surface area contributed by atoms with Gasteiger partial charge >= 0.3 is 0 Å². The molecule has 8 heteroatoms. The van der Waals surface area contributed by atoms with Crippen molar-refractivity contribution in [3.8, 4) is 0 Å². The van der Waals surface area contributed by atoms with Crippen molar-refractivity contribution in [1.29, 1.82) is 0 Å². The lowest BCUT2D eigenvalue weighted by Gasteiger charge is -2.29. The quantitative estimate of drug-likeness (QED) is 0.779. The molecule has 25 heavy (non-hydrogen) atoms. The lowest BCUT2D eigenvalue weighted by molar-refractivity contribution is 0.884. The number of nitrogens with one attached hydrogen (secondary N) is 1. The van der Waals surface area contributed by atoms with Crippen LogP contribution in [0.2, 0.25) is 0 Å². The summed E-state index contributed by atoms with van der Waals surface area (Å²) in [5.41, 5.74) is 15.7. The van der Waals surface area contributed by atoms with E-state index in [2.05, 4.69) is 27.2 Å². The number of nitrogens with two attached hydrogens (primary N) is 2. The van der Waals surface area contributed by atoms with Crippen LogP contribution in [0.25, 0.3) is 11.0 Å². The highest BCUT2D eigenvalue weighted by molar-refractivity contribution is 5.85. The third-order valence-corrected chi connectivity index (χ3v) is 3.97. The SMILES string of the molecule is CCCc1nc(N)nc2ccc(N3C=CC=C4NC(N)=NC=C43)nc12. The molecule has 0 saturated carbocycles. The van der Waals surface area contributed by atoms with Crippen molar-refractivity contribution in [1.82, 2.24) is 20.3 Å². The number of guanidine groups is 1. The molecular formula is C17H18N8. The fourth-order valence-corrected chi connectivity index (χ4v) is 2.89. The molecule has 0 aromatic carbocycles. The molecule has 0 atom stereocenters. The Morgan fingerprint density at radius 3 is 2.88 bits per heavy atom. The summed E-state index contributed by atoms with van der Waals surface area (Å²) in [5, 5.41) is 3.05. The Hall–Kier alpha value is -3.42. The summed E-state index contributed by atoms with van der Waals surface area (Å²) in [6, 6.07) is 3.81. The van der Waals surface area contributed by atoms with Crippen LogP contribution in [0.3, 0.4) is 0 Å². The number of allylic oxidation sites excluding steroid dienone is 2. The van der Waals surface area contributed by atoms with Crippen LogP contribution in [0.5, 0.6) is 0 Å². The fourth-order valence-electron chi connectivity index (χ4n) is 2.89. The van der Waals surface area contributed by atoms with Gasteiger partial charge in [-0.25, -0.2) is 19.9 Å². The highest BCUT2D eigenvalue weighted by Crippen LogP contribution is 2.28. The minimum absolute atomic E-state index is 0.276. The first-order chi connectivity index (χ1) is 12.2. The molecule has 2 aliphatic heterocycles. The molecule has 0 bridgehead atoms. The Bertz CT molecular complexity index is 970. The Kier molecular flexibility index (Phi) is 3.57. The molecule has 0 unspecified atom stereocenters. The fraction of sp³-hybridized carbons (Fsp3) is 0.176. The molecule has 0 radical (unpaired) electrons. The van der Waals surface area contributed by atoms with Crippen molar-refractivity contribution in [3.63, 3.8) is 0 Å².